The first kappa shape index (κ1) is 19.1. The van der Waals surface area contributed by atoms with Gasteiger partial charge in [0.05, 0.1) is 25.5 Å². The van der Waals surface area contributed by atoms with Crippen molar-refractivity contribution in [1.82, 2.24) is 15.5 Å². The number of aliphatic hydroxyl groups is 1. The molecular formula is C22H23N3O4. The van der Waals surface area contributed by atoms with Gasteiger partial charge < -0.3 is 19.7 Å². The molecular weight excluding hydrogens is 370 g/mol. The molecule has 7 nitrogen and oxygen atoms in total. The van der Waals surface area contributed by atoms with Gasteiger partial charge in [-0.05, 0) is 37.3 Å². The van der Waals surface area contributed by atoms with Crippen LogP contribution in [0.3, 0.4) is 0 Å². The topological polar surface area (TPSA) is 97.5 Å². The average molecular weight is 393 g/mol. The number of nitrogens with zero attached hydrogens (tertiary/aromatic N) is 2. The van der Waals surface area contributed by atoms with Crippen molar-refractivity contribution in [3.05, 3.63) is 65.7 Å². The molecule has 1 saturated carbocycles. The molecule has 1 atom stereocenters. The number of hydrogen-bond acceptors (Lipinski definition) is 6. The quantitative estimate of drug-likeness (QED) is 0.667. The summed E-state index contributed by atoms with van der Waals surface area (Å²) in [6.07, 6.45) is 4.24. The van der Waals surface area contributed by atoms with Crippen LogP contribution in [0.1, 0.15) is 40.6 Å². The number of rotatable bonds is 6. The van der Waals surface area contributed by atoms with E-state index in [2.05, 4.69) is 15.5 Å². The van der Waals surface area contributed by atoms with Crippen molar-refractivity contribution in [2.75, 3.05) is 7.11 Å². The molecule has 1 aliphatic rings. The highest BCUT2D eigenvalue weighted by Gasteiger charge is 2.37. The van der Waals surface area contributed by atoms with Crippen molar-refractivity contribution < 1.29 is 19.2 Å². The van der Waals surface area contributed by atoms with E-state index in [1.165, 1.54) is 0 Å². The van der Waals surface area contributed by atoms with Crippen molar-refractivity contribution in [3.8, 4) is 17.0 Å². The Balaban J connectivity index is 1.65. The highest BCUT2D eigenvalue weighted by molar-refractivity contribution is 6.01. The van der Waals surface area contributed by atoms with Gasteiger partial charge in [0, 0.05) is 11.8 Å². The zero-order valence-electron chi connectivity index (χ0n) is 16.3. The summed E-state index contributed by atoms with van der Waals surface area (Å²) in [5, 5.41) is 17.0. The van der Waals surface area contributed by atoms with Gasteiger partial charge in [-0.25, -0.2) is 0 Å². The monoisotopic (exact) mass is 393 g/mol. The molecule has 0 aliphatic heterocycles. The Morgan fingerprint density at radius 2 is 2.03 bits per heavy atom. The maximum absolute atomic E-state index is 13.3. The molecule has 150 valence electrons. The van der Waals surface area contributed by atoms with Crippen LogP contribution in [0.4, 0.5) is 0 Å². The summed E-state index contributed by atoms with van der Waals surface area (Å²) in [6.45, 7) is 1.73. The number of aliphatic hydroxyl groups excluding tert-OH is 1. The normalized spacial score (nSPS) is 19.3. The molecule has 7 heteroatoms. The van der Waals surface area contributed by atoms with E-state index in [9.17, 15) is 9.90 Å². The first-order chi connectivity index (χ1) is 14.1. The van der Waals surface area contributed by atoms with E-state index < -0.39 is 0 Å². The molecule has 4 rings (SSSR count). The number of methoxy groups -OCH3 is 1. The molecule has 1 aliphatic carbocycles. The minimum atomic E-state index is -0.338. The smallest absolute Gasteiger partial charge is 0.257 e. The standard InChI is InChI=1S/C22H23N3O4/c1-13-19(21(25-29-13)14-6-4-3-5-7-14)22(27)24-20(15-8-17(26)9-15)16-10-18(28-2)12-23-11-16/h3-7,10-12,15,17,20,26H,8-9H2,1-2H3,(H,24,27)/t15?,17?,20-/m1/s1. The Morgan fingerprint density at radius 3 is 2.72 bits per heavy atom. The van der Waals surface area contributed by atoms with Crippen LogP contribution in [0.25, 0.3) is 11.3 Å². The minimum Gasteiger partial charge on any atom is -0.495 e. The third-order valence-electron chi connectivity index (χ3n) is 5.37. The number of nitrogens with one attached hydrogen (secondary N) is 1. The van der Waals surface area contributed by atoms with Gasteiger partial charge in [0.15, 0.2) is 0 Å². The minimum absolute atomic E-state index is 0.114. The van der Waals surface area contributed by atoms with Crippen LogP contribution in [-0.4, -0.2) is 34.4 Å². The van der Waals surface area contributed by atoms with E-state index in [0.29, 0.717) is 35.6 Å². The second-order valence-corrected chi connectivity index (χ2v) is 7.32. The number of carbonyl (C=O) groups is 1. The van der Waals surface area contributed by atoms with Gasteiger partial charge in [0.1, 0.15) is 22.8 Å². The van der Waals surface area contributed by atoms with Gasteiger partial charge in [-0.15, -0.1) is 0 Å². The molecule has 0 radical (unpaired) electrons. The van der Waals surface area contributed by atoms with Crippen LogP contribution in [0.5, 0.6) is 5.75 Å². The van der Waals surface area contributed by atoms with Gasteiger partial charge >= 0.3 is 0 Å². The van der Waals surface area contributed by atoms with E-state index in [1.54, 1.807) is 26.4 Å². The zero-order chi connectivity index (χ0) is 20.4. The van der Waals surface area contributed by atoms with E-state index in [0.717, 1.165) is 11.1 Å². The van der Waals surface area contributed by atoms with Gasteiger partial charge in [-0.1, -0.05) is 35.5 Å². The lowest BCUT2D eigenvalue weighted by atomic mass is 9.75. The lowest BCUT2D eigenvalue weighted by Gasteiger charge is -2.38. The molecule has 0 spiro atoms. The number of aromatic nitrogens is 2. The third-order valence-corrected chi connectivity index (χ3v) is 5.37. The van der Waals surface area contributed by atoms with Crippen LogP contribution in [0, 0.1) is 12.8 Å². The first-order valence-corrected chi connectivity index (χ1v) is 9.56. The van der Waals surface area contributed by atoms with Crippen LogP contribution in [0.15, 0.2) is 53.3 Å². The molecule has 2 aromatic heterocycles. The number of hydrogen-bond donors (Lipinski definition) is 2. The summed E-state index contributed by atoms with van der Waals surface area (Å²) in [5.74, 6) is 0.922. The summed E-state index contributed by atoms with van der Waals surface area (Å²) in [7, 11) is 1.58. The summed E-state index contributed by atoms with van der Waals surface area (Å²) >= 11 is 0. The van der Waals surface area contributed by atoms with Crippen molar-refractivity contribution in [2.24, 2.45) is 5.92 Å². The van der Waals surface area contributed by atoms with Crippen LogP contribution < -0.4 is 10.1 Å². The lowest BCUT2D eigenvalue weighted by Crippen LogP contribution is -2.41. The van der Waals surface area contributed by atoms with E-state index in [-0.39, 0.29) is 24.0 Å². The molecule has 1 amide bonds. The predicted molar refractivity (Wildman–Crippen MR) is 106 cm³/mol. The molecule has 3 aromatic rings. The Labute approximate surface area is 168 Å². The molecule has 0 saturated heterocycles. The van der Waals surface area contributed by atoms with Crippen molar-refractivity contribution in [3.63, 3.8) is 0 Å². The maximum atomic E-state index is 13.3. The number of carbonyl (C=O) groups excluding carboxylic acids is 1. The van der Waals surface area contributed by atoms with E-state index >= 15 is 0 Å². The molecule has 0 unspecified atom stereocenters. The fourth-order valence-electron chi connectivity index (χ4n) is 3.74. The van der Waals surface area contributed by atoms with Gasteiger partial charge in [-0.3, -0.25) is 9.78 Å². The Hall–Kier alpha value is -3.19. The fraction of sp³-hybridized carbons (Fsp3) is 0.318. The highest BCUT2D eigenvalue weighted by atomic mass is 16.5. The van der Waals surface area contributed by atoms with Gasteiger partial charge in [0.2, 0.25) is 0 Å². The number of amides is 1. The maximum Gasteiger partial charge on any atom is 0.257 e. The SMILES string of the molecule is COc1cncc([C@H](NC(=O)c2c(-c3ccccc3)noc2C)C2CC(O)C2)c1. The summed E-state index contributed by atoms with van der Waals surface area (Å²) in [5.41, 5.74) is 2.58. The van der Waals surface area contributed by atoms with Crippen LogP contribution in [0.2, 0.25) is 0 Å². The van der Waals surface area contributed by atoms with Crippen LogP contribution >= 0.6 is 0 Å². The fourth-order valence-corrected chi connectivity index (χ4v) is 3.74. The van der Waals surface area contributed by atoms with Crippen molar-refractivity contribution >= 4 is 5.91 Å². The number of pyridine rings is 1. The first-order valence-electron chi connectivity index (χ1n) is 9.56. The Bertz CT molecular complexity index is 996. The largest absolute Gasteiger partial charge is 0.495 e. The third kappa shape index (κ3) is 3.86. The van der Waals surface area contributed by atoms with E-state index in [4.69, 9.17) is 9.26 Å². The average Bonchev–Trinajstić information content (AvgIpc) is 3.12. The molecule has 1 aromatic carbocycles. The second kappa shape index (κ2) is 8.05. The number of ether oxygens (including phenoxy) is 1. The molecule has 29 heavy (non-hydrogen) atoms. The van der Waals surface area contributed by atoms with Gasteiger partial charge in [-0.2, -0.15) is 0 Å². The van der Waals surface area contributed by atoms with Crippen molar-refractivity contribution in [2.45, 2.75) is 31.9 Å². The molecule has 0 bridgehead atoms. The Kier molecular flexibility index (Phi) is 5.31. The highest BCUT2D eigenvalue weighted by Crippen LogP contribution is 2.39. The number of aryl methyl sites for hydroxylation is 1. The van der Waals surface area contributed by atoms with Gasteiger partial charge in [0.25, 0.3) is 5.91 Å². The molecule has 1 fully saturated rings. The summed E-state index contributed by atoms with van der Waals surface area (Å²) in [4.78, 5) is 17.5. The van der Waals surface area contributed by atoms with Crippen molar-refractivity contribution in [1.29, 1.82) is 0 Å². The van der Waals surface area contributed by atoms with Crippen LogP contribution in [-0.2, 0) is 0 Å². The lowest BCUT2D eigenvalue weighted by molar-refractivity contribution is 0.0234. The summed E-state index contributed by atoms with van der Waals surface area (Å²) < 4.78 is 10.6. The Morgan fingerprint density at radius 1 is 1.28 bits per heavy atom. The predicted octanol–water partition coefficient (Wildman–Crippen LogP) is 3.30. The molecule has 2 N–H and O–H groups in total. The molecule has 2 heterocycles. The zero-order valence-corrected chi connectivity index (χ0v) is 16.3. The second-order valence-electron chi connectivity index (χ2n) is 7.32. The summed E-state index contributed by atoms with van der Waals surface area (Å²) in [6, 6.07) is 11.0. The number of benzene rings is 1. The van der Waals surface area contributed by atoms with E-state index in [1.807, 2.05) is 36.4 Å².